The lowest BCUT2D eigenvalue weighted by Gasteiger charge is -2.17. The summed E-state index contributed by atoms with van der Waals surface area (Å²) in [6, 6.07) is 13.5. The summed E-state index contributed by atoms with van der Waals surface area (Å²) in [6.45, 7) is 4.40. The summed E-state index contributed by atoms with van der Waals surface area (Å²) < 4.78 is 20.3. The molecule has 0 amide bonds. The fourth-order valence-corrected chi connectivity index (χ4v) is 4.05. The lowest BCUT2D eigenvalue weighted by molar-refractivity contribution is 0.371. The minimum atomic E-state index is -0.494. The Morgan fingerprint density at radius 1 is 1.20 bits per heavy atom. The van der Waals surface area contributed by atoms with E-state index in [1.807, 2.05) is 32.0 Å². The molecule has 0 aliphatic carbocycles. The fourth-order valence-electron chi connectivity index (χ4n) is 2.95. The van der Waals surface area contributed by atoms with Crippen LogP contribution in [0.25, 0.3) is 11.3 Å². The predicted molar refractivity (Wildman–Crippen MR) is 145 cm³/mol. The van der Waals surface area contributed by atoms with Crippen molar-refractivity contribution in [3.8, 4) is 22.8 Å². The van der Waals surface area contributed by atoms with Gasteiger partial charge in [0.15, 0.2) is 17.3 Å². The predicted octanol–water partition coefficient (Wildman–Crippen LogP) is 7.03. The van der Waals surface area contributed by atoms with Crippen LogP contribution in [0.2, 0.25) is 5.02 Å². The Labute approximate surface area is 218 Å². The van der Waals surface area contributed by atoms with Gasteiger partial charge < -0.3 is 15.2 Å². The normalized spacial score (nSPS) is 10.2. The number of aromatic nitrogens is 2. The van der Waals surface area contributed by atoms with Crippen LogP contribution in [0.1, 0.15) is 19.4 Å². The van der Waals surface area contributed by atoms with Gasteiger partial charge in [-0.3, -0.25) is 5.43 Å². The van der Waals surface area contributed by atoms with Crippen molar-refractivity contribution < 1.29 is 14.2 Å². The highest BCUT2D eigenvalue weighted by atomic mass is 35.5. The van der Waals surface area contributed by atoms with Crippen molar-refractivity contribution >= 4 is 52.4 Å². The van der Waals surface area contributed by atoms with Gasteiger partial charge in [-0.2, -0.15) is 0 Å². The molecule has 2 aromatic heterocycles. The van der Waals surface area contributed by atoms with Gasteiger partial charge in [-0.25, -0.2) is 18.8 Å². The second-order valence-corrected chi connectivity index (χ2v) is 8.48. The number of hydrazine groups is 1. The fraction of sp³-hybridized carbons (Fsp3) is 0.167. The minimum absolute atomic E-state index is 0.0677. The molecule has 0 saturated carbocycles. The second-order valence-electron chi connectivity index (χ2n) is 6.82. The average molecular weight is 534 g/mol. The van der Waals surface area contributed by atoms with Gasteiger partial charge in [0.05, 0.1) is 29.7 Å². The number of rotatable bonds is 8. The Balaban J connectivity index is 0.00000167. The van der Waals surface area contributed by atoms with Crippen molar-refractivity contribution in [3.05, 3.63) is 76.5 Å². The third-order valence-corrected chi connectivity index (χ3v) is 6.03. The molecule has 0 atom stereocenters. The molecule has 4 rings (SSSR count). The van der Waals surface area contributed by atoms with E-state index in [2.05, 4.69) is 33.5 Å². The summed E-state index contributed by atoms with van der Waals surface area (Å²) in [4.78, 5) is 8.83. The van der Waals surface area contributed by atoms with Gasteiger partial charge in [0, 0.05) is 23.1 Å². The third-order valence-electron chi connectivity index (χ3n) is 4.67. The molecule has 184 valence electrons. The summed E-state index contributed by atoms with van der Waals surface area (Å²) in [5.74, 6) is 0.576. The van der Waals surface area contributed by atoms with E-state index in [-0.39, 0.29) is 10.8 Å². The number of phenols is 1. The van der Waals surface area contributed by atoms with Gasteiger partial charge in [0.2, 0.25) is 5.13 Å². The maximum absolute atomic E-state index is 13.7. The number of phenolic OH excluding ortho intramolecular Hbond substituents is 1. The summed E-state index contributed by atoms with van der Waals surface area (Å²) in [6.07, 6.45) is 1.65. The number of benzene rings is 2. The molecule has 0 fully saturated rings. The van der Waals surface area contributed by atoms with Gasteiger partial charge in [0.1, 0.15) is 5.82 Å². The molecule has 0 saturated heterocycles. The molecule has 7 nitrogen and oxygen atoms in total. The average Bonchev–Trinajstić information content (AvgIpc) is 3.35. The number of methoxy groups -OCH3 is 1. The number of anilines is 3. The Bertz CT molecular complexity index is 1260. The highest BCUT2D eigenvalue weighted by Gasteiger charge is 2.11. The van der Waals surface area contributed by atoms with E-state index in [9.17, 15) is 9.50 Å². The number of nitrogens with zero attached hydrogens (tertiary/aromatic N) is 3. The zero-order valence-corrected chi connectivity index (χ0v) is 21.8. The van der Waals surface area contributed by atoms with E-state index < -0.39 is 5.82 Å². The van der Waals surface area contributed by atoms with Gasteiger partial charge in [-0.1, -0.05) is 43.6 Å². The maximum atomic E-state index is 13.7. The number of thiazole rings is 1. The van der Waals surface area contributed by atoms with Crippen molar-refractivity contribution in [1.29, 1.82) is 0 Å². The van der Waals surface area contributed by atoms with Crippen molar-refractivity contribution in [2.75, 3.05) is 22.3 Å². The molecule has 0 aliphatic heterocycles. The smallest absolute Gasteiger partial charge is 0.203 e. The van der Waals surface area contributed by atoms with E-state index in [1.165, 1.54) is 35.0 Å². The summed E-state index contributed by atoms with van der Waals surface area (Å²) in [7, 11) is 1.51. The first-order valence-corrected chi connectivity index (χ1v) is 12.3. The van der Waals surface area contributed by atoms with Gasteiger partial charge in [0.25, 0.3) is 0 Å². The first-order chi connectivity index (χ1) is 16.9. The maximum Gasteiger partial charge on any atom is 0.203 e. The first kappa shape index (κ1) is 26.4. The molecule has 2 heterocycles. The van der Waals surface area contributed by atoms with Crippen LogP contribution in [0, 0.1) is 5.82 Å². The summed E-state index contributed by atoms with van der Waals surface area (Å²) in [5.41, 5.74) is 5.75. The largest absolute Gasteiger partial charge is 0.504 e. The molecule has 0 bridgehead atoms. The quantitative estimate of drug-likeness (QED) is 0.143. The number of pyridine rings is 1. The van der Waals surface area contributed by atoms with E-state index in [0.717, 1.165) is 5.69 Å². The molecule has 0 spiro atoms. The van der Waals surface area contributed by atoms with Crippen LogP contribution in [-0.2, 0) is 6.54 Å². The minimum Gasteiger partial charge on any atom is -0.504 e. The molecular formula is C24H25ClFN5O2S2. The standard InChI is InChI=1S/C22H19ClFN5O2S2.C2H6/c1-31-19-4-2-3-14(21(19)30)10-25-15-6-8-20(26-11-15)29(32)28-22-27-18(12-33-22)13-5-7-16(23)17(24)9-13;1-2/h2-9,11-12,25,30,32H,10H2,1H3,(H,27,28);1-2H3. The van der Waals surface area contributed by atoms with Crippen LogP contribution in [0.15, 0.2) is 60.1 Å². The van der Waals surface area contributed by atoms with Crippen LogP contribution in [-0.4, -0.2) is 22.2 Å². The number of ether oxygens (including phenoxy) is 1. The first-order valence-electron chi connectivity index (χ1n) is 10.7. The van der Waals surface area contributed by atoms with Crippen LogP contribution in [0.4, 0.5) is 21.0 Å². The number of hydrogen-bond donors (Lipinski definition) is 4. The highest BCUT2D eigenvalue weighted by molar-refractivity contribution is 7.81. The lowest BCUT2D eigenvalue weighted by atomic mass is 10.2. The zero-order chi connectivity index (χ0) is 25.4. The van der Waals surface area contributed by atoms with Crippen molar-refractivity contribution in [2.24, 2.45) is 0 Å². The third kappa shape index (κ3) is 6.68. The van der Waals surface area contributed by atoms with Crippen LogP contribution < -0.4 is 19.9 Å². The number of halogens is 2. The Morgan fingerprint density at radius 3 is 2.69 bits per heavy atom. The molecule has 2 aromatic carbocycles. The molecule has 11 heteroatoms. The number of para-hydroxylation sites is 1. The molecule has 4 aromatic rings. The van der Waals surface area contributed by atoms with Crippen LogP contribution in [0.3, 0.4) is 0 Å². The zero-order valence-electron chi connectivity index (χ0n) is 19.3. The monoisotopic (exact) mass is 533 g/mol. The van der Waals surface area contributed by atoms with Crippen LogP contribution >= 0.6 is 35.8 Å². The van der Waals surface area contributed by atoms with Gasteiger partial charge in [-0.05, 0) is 43.1 Å². The summed E-state index contributed by atoms with van der Waals surface area (Å²) in [5, 5.41) is 15.8. The second kappa shape index (κ2) is 12.5. The molecular weight excluding hydrogens is 509 g/mol. The van der Waals surface area contributed by atoms with E-state index in [1.54, 1.807) is 29.8 Å². The SMILES string of the molecule is CC.COc1cccc(CNc2ccc(N(S)Nc3nc(-c4ccc(Cl)c(F)c4)cs3)nc2)c1O. The number of hydrogen-bond acceptors (Lipinski definition) is 9. The van der Waals surface area contributed by atoms with Gasteiger partial charge >= 0.3 is 0 Å². The number of thiol groups is 1. The molecule has 0 radical (unpaired) electrons. The number of nitrogens with one attached hydrogen (secondary N) is 2. The van der Waals surface area contributed by atoms with E-state index in [4.69, 9.17) is 16.3 Å². The topological polar surface area (TPSA) is 82.5 Å². The van der Waals surface area contributed by atoms with E-state index in [0.29, 0.717) is 40.1 Å². The highest BCUT2D eigenvalue weighted by Crippen LogP contribution is 2.31. The Morgan fingerprint density at radius 2 is 2.00 bits per heavy atom. The molecule has 35 heavy (non-hydrogen) atoms. The van der Waals surface area contributed by atoms with Crippen molar-refractivity contribution in [2.45, 2.75) is 20.4 Å². The van der Waals surface area contributed by atoms with E-state index >= 15 is 0 Å². The van der Waals surface area contributed by atoms with Crippen molar-refractivity contribution in [1.82, 2.24) is 9.97 Å². The Kier molecular flexibility index (Phi) is 9.41. The summed E-state index contributed by atoms with van der Waals surface area (Å²) >= 11 is 11.5. The van der Waals surface area contributed by atoms with Gasteiger partial charge in [-0.15, -0.1) is 11.3 Å². The Hall–Kier alpha value is -3.21. The van der Waals surface area contributed by atoms with Crippen molar-refractivity contribution in [3.63, 3.8) is 0 Å². The molecule has 3 N–H and O–H groups in total. The number of aromatic hydroxyl groups is 1. The lowest BCUT2D eigenvalue weighted by Crippen LogP contribution is -2.19. The molecule has 0 aliphatic rings. The molecule has 0 unspecified atom stereocenters. The van der Waals surface area contributed by atoms with Crippen LogP contribution in [0.5, 0.6) is 11.5 Å².